The molecule has 3 aliphatic heterocycles. The molecular weight excluding hydrogens is 460 g/mol. The largest absolute Gasteiger partial charge is 0.452 e. The molecule has 5 rings (SSSR count). The van der Waals surface area contributed by atoms with E-state index in [0.29, 0.717) is 45.1 Å². The van der Waals surface area contributed by atoms with Gasteiger partial charge in [-0.25, -0.2) is 4.79 Å². The SMILES string of the molecule is O=C(OCC(=O)N1CCOCC1)c1cccc(CN2CN(c3ccccc3)C3(CCNCC3)C2=O)c1. The van der Waals surface area contributed by atoms with E-state index in [9.17, 15) is 14.4 Å². The summed E-state index contributed by atoms with van der Waals surface area (Å²) < 4.78 is 10.5. The van der Waals surface area contributed by atoms with Gasteiger partial charge in [0.15, 0.2) is 6.61 Å². The molecule has 0 atom stereocenters. The molecule has 1 spiro atoms. The molecule has 36 heavy (non-hydrogen) atoms. The Bertz CT molecular complexity index is 1100. The zero-order valence-electron chi connectivity index (χ0n) is 20.4. The van der Waals surface area contributed by atoms with Gasteiger partial charge in [0.25, 0.3) is 5.91 Å². The van der Waals surface area contributed by atoms with Gasteiger partial charge in [0.1, 0.15) is 5.54 Å². The maximum absolute atomic E-state index is 13.7. The number of amides is 2. The normalized spacial score (nSPS) is 19.6. The molecule has 1 N–H and O–H groups in total. The summed E-state index contributed by atoms with van der Waals surface area (Å²) in [5.41, 5.74) is 1.70. The van der Waals surface area contributed by atoms with Gasteiger partial charge in [-0.3, -0.25) is 9.59 Å². The molecule has 0 bridgehead atoms. The van der Waals surface area contributed by atoms with E-state index in [1.165, 1.54) is 0 Å². The van der Waals surface area contributed by atoms with Crippen molar-refractivity contribution in [3.05, 3.63) is 65.7 Å². The molecule has 0 aromatic heterocycles. The number of esters is 1. The molecule has 190 valence electrons. The minimum atomic E-state index is -0.553. The average molecular weight is 493 g/mol. The highest BCUT2D eigenvalue weighted by Gasteiger charge is 2.52. The highest BCUT2D eigenvalue weighted by Crippen LogP contribution is 2.38. The summed E-state index contributed by atoms with van der Waals surface area (Å²) in [7, 11) is 0. The van der Waals surface area contributed by atoms with Crippen molar-refractivity contribution in [2.45, 2.75) is 24.9 Å². The molecule has 2 aromatic carbocycles. The van der Waals surface area contributed by atoms with Gasteiger partial charge in [0, 0.05) is 25.3 Å². The number of piperidine rings is 1. The topological polar surface area (TPSA) is 91.4 Å². The molecule has 3 aliphatic rings. The monoisotopic (exact) mass is 492 g/mol. The van der Waals surface area contributed by atoms with Gasteiger partial charge in [0.05, 0.1) is 25.4 Å². The van der Waals surface area contributed by atoms with Crippen LogP contribution in [0.25, 0.3) is 0 Å². The Morgan fingerprint density at radius 2 is 1.75 bits per heavy atom. The first-order valence-corrected chi connectivity index (χ1v) is 12.5. The molecule has 2 amide bonds. The lowest BCUT2D eigenvalue weighted by Gasteiger charge is -2.40. The summed E-state index contributed by atoms with van der Waals surface area (Å²) in [5.74, 6) is -0.650. The van der Waals surface area contributed by atoms with Gasteiger partial charge in [-0.05, 0) is 55.8 Å². The zero-order valence-corrected chi connectivity index (χ0v) is 20.4. The molecule has 0 radical (unpaired) electrons. The number of anilines is 1. The predicted molar refractivity (Wildman–Crippen MR) is 133 cm³/mol. The van der Waals surface area contributed by atoms with Crippen LogP contribution in [0.5, 0.6) is 0 Å². The fraction of sp³-hybridized carbons (Fsp3) is 0.444. The van der Waals surface area contributed by atoms with E-state index in [2.05, 4.69) is 22.3 Å². The van der Waals surface area contributed by atoms with Gasteiger partial charge in [-0.15, -0.1) is 0 Å². The Kier molecular flexibility index (Phi) is 7.20. The van der Waals surface area contributed by atoms with E-state index >= 15 is 0 Å². The summed E-state index contributed by atoms with van der Waals surface area (Å²) >= 11 is 0. The number of para-hydroxylation sites is 1. The van der Waals surface area contributed by atoms with Crippen molar-refractivity contribution in [2.75, 3.05) is 57.6 Å². The number of carbonyl (C=O) groups is 3. The van der Waals surface area contributed by atoms with Crippen LogP contribution in [0.15, 0.2) is 54.6 Å². The fourth-order valence-corrected chi connectivity index (χ4v) is 5.29. The van der Waals surface area contributed by atoms with Crippen LogP contribution in [-0.4, -0.2) is 85.8 Å². The summed E-state index contributed by atoms with van der Waals surface area (Å²) in [5, 5.41) is 3.37. The lowest BCUT2D eigenvalue weighted by atomic mass is 9.86. The molecule has 0 aliphatic carbocycles. The standard InChI is InChI=1S/C27H32N4O5/c32-24(29-13-15-35-16-14-29)19-36-25(33)22-6-4-5-21(17-22)18-30-20-31(23-7-2-1-3-8-23)27(26(30)34)9-11-28-12-10-27/h1-8,17,28H,9-16,18-20H2. The van der Waals surface area contributed by atoms with Crippen LogP contribution in [0.3, 0.4) is 0 Å². The Morgan fingerprint density at radius 3 is 2.50 bits per heavy atom. The van der Waals surface area contributed by atoms with Crippen molar-refractivity contribution in [3.63, 3.8) is 0 Å². The van der Waals surface area contributed by atoms with E-state index in [1.807, 2.05) is 29.2 Å². The Morgan fingerprint density at radius 1 is 1.00 bits per heavy atom. The number of carbonyl (C=O) groups excluding carboxylic acids is 3. The van der Waals surface area contributed by atoms with Gasteiger partial charge in [0.2, 0.25) is 5.91 Å². The van der Waals surface area contributed by atoms with Gasteiger partial charge < -0.3 is 29.5 Å². The molecule has 3 fully saturated rings. The number of rotatable bonds is 6. The molecule has 3 saturated heterocycles. The number of nitrogens with one attached hydrogen (secondary N) is 1. The van der Waals surface area contributed by atoms with Crippen LogP contribution in [-0.2, 0) is 25.6 Å². The van der Waals surface area contributed by atoms with E-state index < -0.39 is 11.5 Å². The summed E-state index contributed by atoms with van der Waals surface area (Å²) in [6.07, 6.45) is 1.50. The molecule has 0 unspecified atom stereocenters. The van der Waals surface area contributed by atoms with Crippen molar-refractivity contribution in [2.24, 2.45) is 0 Å². The quantitative estimate of drug-likeness (QED) is 0.613. The van der Waals surface area contributed by atoms with Gasteiger partial charge in [-0.2, -0.15) is 0 Å². The molecule has 3 heterocycles. The minimum Gasteiger partial charge on any atom is -0.452 e. The second-order valence-corrected chi connectivity index (χ2v) is 9.46. The third kappa shape index (κ3) is 4.94. The smallest absolute Gasteiger partial charge is 0.338 e. The predicted octanol–water partition coefficient (Wildman–Crippen LogP) is 1.63. The summed E-state index contributed by atoms with van der Waals surface area (Å²) in [6, 6.07) is 17.2. The number of benzene rings is 2. The summed E-state index contributed by atoms with van der Waals surface area (Å²) in [6.45, 7) is 4.20. The van der Waals surface area contributed by atoms with Crippen molar-refractivity contribution >= 4 is 23.5 Å². The number of morpholine rings is 1. The second kappa shape index (κ2) is 10.7. The molecule has 9 nitrogen and oxygen atoms in total. The number of hydrogen-bond acceptors (Lipinski definition) is 7. The third-order valence-electron chi connectivity index (χ3n) is 7.24. The molecule has 2 aromatic rings. The average Bonchev–Trinajstić information content (AvgIpc) is 3.19. The number of hydrogen-bond donors (Lipinski definition) is 1. The lowest BCUT2D eigenvalue weighted by Crippen LogP contribution is -2.55. The third-order valence-corrected chi connectivity index (χ3v) is 7.24. The Hall–Kier alpha value is -3.43. The van der Waals surface area contributed by atoms with E-state index in [0.717, 1.165) is 37.2 Å². The summed E-state index contributed by atoms with van der Waals surface area (Å²) in [4.78, 5) is 44.4. The van der Waals surface area contributed by atoms with Gasteiger partial charge in [-0.1, -0.05) is 30.3 Å². The first-order chi connectivity index (χ1) is 17.6. The van der Waals surface area contributed by atoms with Crippen LogP contribution in [0.4, 0.5) is 5.69 Å². The molecule has 0 saturated carbocycles. The van der Waals surface area contributed by atoms with E-state index in [1.54, 1.807) is 23.1 Å². The maximum Gasteiger partial charge on any atom is 0.338 e. The van der Waals surface area contributed by atoms with Crippen molar-refractivity contribution in [1.29, 1.82) is 0 Å². The highest BCUT2D eigenvalue weighted by molar-refractivity contribution is 5.94. The first-order valence-electron chi connectivity index (χ1n) is 12.5. The highest BCUT2D eigenvalue weighted by atomic mass is 16.5. The van der Waals surface area contributed by atoms with Crippen LogP contribution in [0.2, 0.25) is 0 Å². The van der Waals surface area contributed by atoms with Crippen LogP contribution < -0.4 is 10.2 Å². The Labute approximate surface area is 210 Å². The van der Waals surface area contributed by atoms with E-state index in [-0.39, 0.29) is 18.4 Å². The van der Waals surface area contributed by atoms with Crippen LogP contribution in [0.1, 0.15) is 28.8 Å². The van der Waals surface area contributed by atoms with E-state index in [4.69, 9.17) is 9.47 Å². The lowest BCUT2D eigenvalue weighted by molar-refractivity contribution is -0.138. The minimum absolute atomic E-state index is 0.122. The van der Waals surface area contributed by atoms with Crippen molar-refractivity contribution in [3.8, 4) is 0 Å². The van der Waals surface area contributed by atoms with Crippen molar-refractivity contribution in [1.82, 2.24) is 15.1 Å². The fourth-order valence-electron chi connectivity index (χ4n) is 5.29. The first kappa shape index (κ1) is 24.3. The molecular formula is C27H32N4O5. The second-order valence-electron chi connectivity index (χ2n) is 9.46. The number of nitrogens with zero attached hydrogens (tertiary/aromatic N) is 3. The zero-order chi connectivity index (χ0) is 25.0. The van der Waals surface area contributed by atoms with Crippen LogP contribution >= 0.6 is 0 Å². The van der Waals surface area contributed by atoms with Crippen molar-refractivity contribution < 1.29 is 23.9 Å². The van der Waals surface area contributed by atoms with Crippen LogP contribution in [0, 0.1) is 0 Å². The Balaban J connectivity index is 1.26. The molecule has 9 heteroatoms. The maximum atomic E-state index is 13.7. The van der Waals surface area contributed by atoms with Gasteiger partial charge >= 0.3 is 5.97 Å². The number of ether oxygens (including phenoxy) is 2.